The zero-order valence-corrected chi connectivity index (χ0v) is 14.3. The second kappa shape index (κ2) is 8.28. The zero-order chi connectivity index (χ0) is 16.0. The first kappa shape index (κ1) is 17.8. The van der Waals surface area contributed by atoms with E-state index in [2.05, 4.69) is 20.8 Å². The summed E-state index contributed by atoms with van der Waals surface area (Å²) in [4.78, 5) is 11.8. The van der Waals surface area contributed by atoms with Crippen LogP contribution in [0.15, 0.2) is 12.1 Å². The van der Waals surface area contributed by atoms with Crippen molar-refractivity contribution in [3.8, 4) is 5.75 Å². The number of hydrogen-bond acceptors (Lipinski definition) is 3. The molecule has 0 heterocycles. The number of halogens is 1. The Morgan fingerprint density at radius 1 is 1.33 bits per heavy atom. The van der Waals surface area contributed by atoms with Gasteiger partial charge in [-0.1, -0.05) is 38.8 Å². The third kappa shape index (κ3) is 4.92. The van der Waals surface area contributed by atoms with Crippen molar-refractivity contribution in [3.05, 3.63) is 28.3 Å². The molecule has 1 aromatic rings. The summed E-state index contributed by atoms with van der Waals surface area (Å²) >= 11 is 6.26. The van der Waals surface area contributed by atoms with Crippen molar-refractivity contribution in [2.24, 2.45) is 0 Å². The molecule has 1 unspecified atom stereocenters. The van der Waals surface area contributed by atoms with Gasteiger partial charge in [0.25, 0.3) is 0 Å². The van der Waals surface area contributed by atoms with Crippen LogP contribution in [0, 0.1) is 6.92 Å². The van der Waals surface area contributed by atoms with Gasteiger partial charge < -0.3 is 9.47 Å². The number of ether oxygens (including phenoxy) is 2. The Hall–Kier alpha value is -1.22. The van der Waals surface area contributed by atoms with Crippen LogP contribution >= 0.6 is 11.6 Å². The van der Waals surface area contributed by atoms with Crippen molar-refractivity contribution in [1.29, 1.82) is 0 Å². The fourth-order valence-corrected chi connectivity index (χ4v) is 2.57. The molecule has 0 N–H and O–H groups in total. The molecule has 0 spiro atoms. The summed E-state index contributed by atoms with van der Waals surface area (Å²) in [6, 6.07) is 3.82. The number of hydrogen-bond donors (Lipinski definition) is 0. The highest BCUT2D eigenvalue weighted by Gasteiger charge is 2.22. The minimum atomic E-state index is -0.560. The third-order valence-corrected chi connectivity index (χ3v) is 3.80. The number of carbonyl (C=O) groups is 1. The highest BCUT2D eigenvalue weighted by molar-refractivity contribution is 6.31. The van der Waals surface area contributed by atoms with Gasteiger partial charge in [-0.25, -0.2) is 4.79 Å². The highest BCUT2D eigenvalue weighted by Crippen LogP contribution is 2.32. The Kier molecular flexibility index (Phi) is 7.03. The van der Waals surface area contributed by atoms with E-state index in [1.54, 1.807) is 0 Å². The van der Waals surface area contributed by atoms with Gasteiger partial charge in [0.15, 0.2) is 6.10 Å². The van der Waals surface area contributed by atoms with Gasteiger partial charge in [-0.05, 0) is 48.9 Å². The minimum Gasteiger partial charge on any atom is -0.478 e. The van der Waals surface area contributed by atoms with Crippen molar-refractivity contribution < 1.29 is 14.3 Å². The lowest BCUT2D eigenvalue weighted by Gasteiger charge is -2.20. The van der Waals surface area contributed by atoms with Crippen molar-refractivity contribution in [3.63, 3.8) is 0 Å². The Morgan fingerprint density at radius 2 is 2.00 bits per heavy atom. The molecule has 0 aliphatic carbocycles. The van der Waals surface area contributed by atoms with Crippen molar-refractivity contribution in [2.45, 2.75) is 59.0 Å². The van der Waals surface area contributed by atoms with E-state index in [4.69, 9.17) is 21.1 Å². The summed E-state index contributed by atoms with van der Waals surface area (Å²) in [5.41, 5.74) is 1.95. The fourth-order valence-electron chi connectivity index (χ4n) is 2.14. The molecule has 0 fully saturated rings. The number of methoxy groups -OCH3 is 1. The third-order valence-electron chi connectivity index (χ3n) is 3.47. The van der Waals surface area contributed by atoms with Gasteiger partial charge in [0.05, 0.1) is 7.11 Å². The molecular weight excluding hydrogens is 288 g/mol. The summed E-state index contributed by atoms with van der Waals surface area (Å²) in [6.45, 7) is 8.17. The van der Waals surface area contributed by atoms with Crippen LogP contribution in [0.25, 0.3) is 0 Å². The molecule has 118 valence electrons. The zero-order valence-electron chi connectivity index (χ0n) is 13.5. The van der Waals surface area contributed by atoms with Gasteiger partial charge in [-0.15, -0.1) is 0 Å². The molecule has 0 radical (unpaired) electrons. The first-order chi connectivity index (χ1) is 9.90. The minimum absolute atomic E-state index is 0.299. The predicted molar refractivity (Wildman–Crippen MR) is 86.2 cm³/mol. The molecular formula is C17H25ClO3. The van der Waals surface area contributed by atoms with Gasteiger partial charge in [0.2, 0.25) is 0 Å². The van der Waals surface area contributed by atoms with Crippen LogP contribution in [0.5, 0.6) is 5.75 Å². The molecule has 0 amide bonds. The second-order valence-corrected chi connectivity index (χ2v) is 5.97. The van der Waals surface area contributed by atoms with Gasteiger partial charge in [-0.2, -0.15) is 0 Å². The van der Waals surface area contributed by atoms with Crippen LogP contribution in [0.2, 0.25) is 5.02 Å². The molecule has 0 aliphatic heterocycles. The number of aryl methyl sites for hydroxylation is 1. The number of benzene rings is 1. The highest BCUT2D eigenvalue weighted by atomic mass is 35.5. The maximum Gasteiger partial charge on any atom is 0.347 e. The lowest BCUT2D eigenvalue weighted by Crippen LogP contribution is -2.28. The van der Waals surface area contributed by atoms with E-state index in [1.165, 1.54) is 7.11 Å². The summed E-state index contributed by atoms with van der Waals surface area (Å²) in [5, 5.41) is 0.734. The number of carbonyl (C=O) groups excluding carboxylic acids is 1. The van der Waals surface area contributed by atoms with Gasteiger partial charge in [0, 0.05) is 5.02 Å². The second-order valence-electron chi connectivity index (χ2n) is 5.57. The molecule has 1 atom stereocenters. The van der Waals surface area contributed by atoms with Crippen molar-refractivity contribution >= 4 is 17.6 Å². The summed E-state index contributed by atoms with van der Waals surface area (Å²) in [5.74, 6) is 0.672. The molecule has 0 aliphatic rings. The van der Waals surface area contributed by atoms with E-state index in [9.17, 15) is 4.79 Å². The normalized spacial score (nSPS) is 12.3. The molecule has 0 saturated carbocycles. The van der Waals surface area contributed by atoms with Crippen molar-refractivity contribution in [1.82, 2.24) is 0 Å². The van der Waals surface area contributed by atoms with Gasteiger partial charge in [0.1, 0.15) is 5.75 Å². The van der Waals surface area contributed by atoms with Crippen molar-refractivity contribution in [2.75, 3.05) is 7.11 Å². The molecule has 1 aromatic carbocycles. The average molecular weight is 313 g/mol. The average Bonchev–Trinajstić information content (AvgIpc) is 2.44. The number of unbranched alkanes of at least 4 members (excludes halogenated alkanes) is 1. The summed E-state index contributed by atoms with van der Waals surface area (Å²) in [6.07, 6.45) is 2.02. The van der Waals surface area contributed by atoms with E-state index in [0.717, 1.165) is 29.0 Å². The molecule has 0 aromatic heterocycles. The molecule has 0 saturated heterocycles. The Balaban J connectivity index is 3.02. The van der Waals surface area contributed by atoms with Crippen LogP contribution in [-0.2, 0) is 9.53 Å². The van der Waals surface area contributed by atoms with Crippen LogP contribution < -0.4 is 4.74 Å². The lowest BCUT2D eigenvalue weighted by atomic mass is 10.0. The number of rotatable bonds is 7. The Labute approximate surface area is 132 Å². The Morgan fingerprint density at radius 3 is 2.52 bits per heavy atom. The fraction of sp³-hybridized carbons (Fsp3) is 0.588. The monoisotopic (exact) mass is 312 g/mol. The Bertz CT molecular complexity index is 483. The van der Waals surface area contributed by atoms with Gasteiger partial charge >= 0.3 is 5.97 Å². The van der Waals surface area contributed by atoms with E-state index >= 15 is 0 Å². The maximum absolute atomic E-state index is 11.8. The van der Waals surface area contributed by atoms with Crippen LogP contribution in [-0.4, -0.2) is 19.2 Å². The first-order valence-corrected chi connectivity index (χ1v) is 7.83. The topological polar surface area (TPSA) is 35.5 Å². The van der Waals surface area contributed by atoms with Crippen LogP contribution in [0.1, 0.15) is 57.1 Å². The first-order valence-electron chi connectivity index (χ1n) is 7.45. The summed E-state index contributed by atoms with van der Waals surface area (Å²) < 4.78 is 10.7. The van der Waals surface area contributed by atoms with E-state index in [0.29, 0.717) is 18.1 Å². The van der Waals surface area contributed by atoms with E-state index in [1.807, 2.05) is 19.1 Å². The van der Waals surface area contributed by atoms with Crippen LogP contribution in [0.3, 0.4) is 0 Å². The SMILES string of the molecule is CCCCC(Oc1cc(C(C)C)c(Cl)cc1C)C(=O)OC. The largest absolute Gasteiger partial charge is 0.478 e. The lowest BCUT2D eigenvalue weighted by molar-refractivity contribution is -0.149. The standard InChI is InChI=1S/C17H25ClO3/c1-6-7-8-15(17(19)20-5)21-16-10-13(11(2)3)14(18)9-12(16)4/h9-11,15H,6-8H2,1-5H3. The van der Waals surface area contributed by atoms with E-state index < -0.39 is 6.10 Å². The summed E-state index contributed by atoms with van der Waals surface area (Å²) in [7, 11) is 1.39. The molecule has 0 bridgehead atoms. The number of esters is 1. The van der Waals surface area contributed by atoms with E-state index in [-0.39, 0.29) is 5.97 Å². The van der Waals surface area contributed by atoms with Gasteiger partial charge in [-0.3, -0.25) is 0 Å². The predicted octanol–water partition coefficient (Wildman–Crippen LogP) is 4.88. The maximum atomic E-state index is 11.8. The molecule has 1 rings (SSSR count). The van der Waals surface area contributed by atoms with Crippen LogP contribution in [0.4, 0.5) is 0 Å². The smallest absolute Gasteiger partial charge is 0.347 e. The molecule has 4 heteroatoms. The molecule has 3 nitrogen and oxygen atoms in total. The molecule has 21 heavy (non-hydrogen) atoms. The quantitative estimate of drug-likeness (QED) is 0.673.